The number of rotatable bonds is 4. The fourth-order valence-electron chi connectivity index (χ4n) is 4.74. The Morgan fingerprint density at radius 2 is 2.12 bits per heavy atom. The molecule has 0 fully saturated rings. The van der Waals surface area contributed by atoms with Crippen LogP contribution < -0.4 is 11.3 Å². The molecule has 2 aliphatic heterocycles. The Labute approximate surface area is 188 Å². The normalized spacial score (nSPS) is 18.5. The van der Waals surface area contributed by atoms with Gasteiger partial charge >= 0.3 is 11.9 Å². The number of aromatic nitrogens is 2. The van der Waals surface area contributed by atoms with Crippen molar-refractivity contribution in [2.24, 2.45) is 0 Å². The number of nitrogens with two attached hydrogens (primary N) is 1. The van der Waals surface area contributed by atoms with E-state index in [4.69, 9.17) is 20.2 Å². The highest BCUT2D eigenvalue weighted by molar-refractivity contribution is 5.91. The SMILES string of the molecule is CC[C@@]1(O)C(=O)OCc2c1cc1n(c2=O)Cc2cc3c(CCC(=O)OC)c(N)ccc3nc2-1. The first kappa shape index (κ1) is 21.1. The zero-order chi connectivity index (χ0) is 23.5. The third-order valence-corrected chi connectivity index (χ3v) is 6.65. The van der Waals surface area contributed by atoms with Crippen molar-refractivity contribution in [2.45, 2.75) is 44.9 Å². The number of hydrogen-bond acceptors (Lipinski definition) is 8. The second kappa shape index (κ2) is 7.41. The summed E-state index contributed by atoms with van der Waals surface area (Å²) in [5, 5.41) is 11.8. The number of aryl methyl sites for hydroxylation is 1. The molecule has 3 N–H and O–H groups in total. The van der Waals surface area contributed by atoms with E-state index in [1.54, 1.807) is 29.7 Å². The zero-order valence-corrected chi connectivity index (χ0v) is 18.3. The van der Waals surface area contributed by atoms with E-state index in [-0.39, 0.29) is 42.1 Å². The van der Waals surface area contributed by atoms with Crippen molar-refractivity contribution in [3.05, 3.63) is 56.9 Å². The minimum Gasteiger partial charge on any atom is -0.469 e. The monoisotopic (exact) mass is 449 g/mol. The van der Waals surface area contributed by atoms with Gasteiger partial charge in [-0.15, -0.1) is 0 Å². The van der Waals surface area contributed by atoms with Crippen LogP contribution in [0.5, 0.6) is 0 Å². The number of aliphatic hydroxyl groups is 1. The number of carbonyl (C=O) groups is 2. The van der Waals surface area contributed by atoms with Gasteiger partial charge in [-0.05, 0) is 42.7 Å². The first-order valence-electron chi connectivity index (χ1n) is 10.7. The molecular formula is C24H23N3O6. The van der Waals surface area contributed by atoms with Crippen molar-refractivity contribution in [2.75, 3.05) is 12.8 Å². The summed E-state index contributed by atoms with van der Waals surface area (Å²) in [6.07, 6.45) is 0.677. The topological polar surface area (TPSA) is 134 Å². The van der Waals surface area contributed by atoms with Gasteiger partial charge in [-0.3, -0.25) is 9.59 Å². The number of nitrogen functional groups attached to an aromatic ring is 1. The average molecular weight is 449 g/mol. The summed E-state index contributed by atoms with van der Waals surface area (Å²) in [5.74, 6) is -1.08. The van der Waals surface area contributed by atoms with Crippen LogP contribution in [0.15, 0.2) is 29.1 Å². The molecule has 0 spiro atoms. The number of carbonyl (C=O) groups excluding carboxylic acids is 2. The lowest BCUT2D eigenvalue weighted by atomic mass is 9.86. The quantitative estimate of drug-likeness (QED) is 0.356. The molecule has 0 saturated carbocycles. The Balaban J connectivity index is 1.68. The van der Waals surface area contributed by atoms with Gasteiger partial charge in [-0.1, -0.05) is 6.92 Å². The van der Waals surface area contributed by atoms with E-state index in [0.717, 1.165) is 16.5 Å². The molecule has 0 saturated heterocycles. The maximum absolute atomic E-state index is 13.3. The van der Waals surface area contributed by atoms with Gasteiger partial charge in [-0.25, -0.2) is 9.78 Å². The Bertz CT molecular complexity index is 1410. The van der Waals surface area contributed by atoms with Crippen molar-refractivity contribution < 1.29 is 24.2 Å². The van der Waals surface area contributed by atoms with Crippen molar-refractivity contribution >= 4 is 28.5 Å². The van der Waals surface area contributed by atoms with E-state index < -0.39 is 11.6 Å². The minimum absolute atomic E-state index is 0.0859. The highest BCUT2D eigenvalue weighted by Gasteiger charge is 2.45. The molecule has 170 valence electrons. The number of hydrogen-bond donors (Lipinski definition) is 2. The van der Waals surface area contributed by atoms with Crippen molar-refractivity contribution in [3.63, 3.8) is 0 Å². The van der Waals surface area contributed by atoms with Crippen LogP contribution in [-0.2, 0) is 44.2 Å². The molecule has 9 nitrogen and oxygen atoms in total. The minimum atomic E-state index is -1.86. The number of fused-ring (bicyclic) bond motifs is 5. The number of benzene rings is 1. The Morgan fingerprint density at radius 1 is 1.33 bits per heavy atom. The largest absolute Gasteiger partial charge is 0.469 e. The molecule has 1 atom stereocenters. The standard InChI is InChI=1S/C24H23N3O6/c1-3-24(31)16-9-19-21-12(10-27(19)22(29)15(16)11-33-23(24)30)8-14-13(4-7-20(28)32-2)17(25)5-6-18(14)26-21/h5-6,8-9,31H,3-4,7,10-11,25H2,1-2H3/t24-/m0/s1. The predicted molar refractivity (Wildman–Crippen MR) is 119 cm³/mol. The lowest BCUT2D eigenvalue weighted by Crippen LogP contribution is -2.44. The summed E-state index contributed by atoms with van der Waals surface area (Å²) in [6, 6.07) is 7.17. The molecule has 5 rings (SSSR count). The smallest absolute Gasteiger partial charge is 0.343 e. The van der Waals surface area contributed by atoms with Crippen LogP contribution in [0.4, 0.5) is 5.69 Å². The summed E-state index contributed by atoms with van der Waals surface area (Å²) in [5.41, 5.74) is 8.60. The number of ether oxygens (including phenoxy) is 2. The Morgan fingerprint density at radius 3 is 2.85 bits per heavy atom. The summed E-state index contributed by atoms with van der Waals surface area (Å²) in [7, 11) is 1.34. The lowest BCUT2D eigenvalue weighted by Gasteiger charge is -2.31. The molecular weight excluding hydrogens is 426 g/mol. The van der Waals surface area contributed by atoms with E-state index >= 15 is 0 Å². The lowest BCUT2D eigenvalue weighted by molar-refractivity contribution is -0.172. The first-order chi connectivity index (χ1) is 15.8. The predicted octanol–water partition coefficient (Wildman–Crippen LogP) is 1.77. The molecule has 0 amide bonds. The fraction of sp³-hybridized carbons (Fsp3) is 0.333. The van der Waals surface area contributed by atoms with E-state index in [9.17, 15) is 19.5 Å². The van der Waals surface area contributed by atoms with Crippen molar-refractivity contribution in [1.82, 2.24) is 9.55 Å². The van der Waals surface area contributed by atoms with Gasteiger partial charge < -0.3 is 24.9 Å². The fourth-order valence-corrected chi connectivity index (χ4v) is 4.74. The zero-order valence-electron chi connectivity index (χ0n) is 18.3. The van der Waals surface area contributed by atoms with Crippen LogP contribution in [0.3, 0.4) is 0 Å². The highest BCUT2D eigenvalue weighted by atomic mass is 16.6. The van der Waals surface area contributed by atoms with E-state index in [1.807, 2.05) is 6.07 Å². The van der Waals surface area contributed by atoms with Crippen LogP contribution >= 0.6 is 0 Å². The number of cyclic esters (lactones) is 1. The van der Waals surface area contributed by atoms with Crippen LogP contribution in [0.2, 0.25) is 0 Å². The van der Waals surface area contributed by atoms with Gasteiger partial charge in [0, 0.05) is 28.6 Å². The molecule has 33 heavy (non-hydrogen) atoms. The van der Waals surface area contributed by atoms with Gasteiger partial charge in [0.2, 0.25) is 0 Å². The third-order valence-electron chi connectivity index (χ3n) is 6.65. The number of nitrogens with zero attached hydrogens (tertiary/aromatic N) is 2. The molecule has 4 heterocycles. The van der Waals surface area contributed by atoms with Crippen LogP contribution in [0.25, 0.3) is 22.3 Å². The maximum Gasteiger partial charge on any atom is 0.343 e. The average Bonchev–Trinajstić information content (AvgIpc) is 3.17. The number of anilines is 1. The molecule has 0 radical (unpaired) electrons. The van der Waals surface area contributed by atoms with Crippen molar-refractivity contribution in [1.29, 1.82) is 0 Å². The molecule has 0 aliphatic carbocycles. The van der Waals surface area contributed by atoms with Gasteiger partial charge in [0.05, 0.1) is 36.1 Å². The Kier molecular flexibility index (Phi) is 4.75. The second-order valence-electron chi connectivity index (χ2n) is 8.38. The summed E-state index contributed by atoms with van der Waals surface area (Å²) in [6.45, 7) is 1.79. The number of esters is 2. The van der Waals surface area contributed by atoms with Gasteiger partial charge in [0.25, 0.3) is 5.56 Å². The van der Waals surface area contributed by atoms with Crippen LogP contribution in [-0.4, -0.2) is 33.7 Å². The molecule has 2 aromatic heterocycles. The van der Waals surface area contributed by atoms with E-state index in [2.05, 4.69) is 0 Å². The third kappa shape index (κ3) is 3.03. The number of pyridine rings is 2. The first-order valence-corrected chi connectivity index (χ1v) is 10.7. The summed E-state index contributed by atoms with van der Waals surface area (Å²) < 4.78 is 11.4. The maximum atomic E-state index is 13.3. The summed E-state index contributed by atoms with van der Waals surface area (Å²) >= 11 is 0. The van der Waals surface area contributed by atoms with Crippen molar-refractivity contribution in [3.8, 4) is 11.4 Å². The van der Waals surface area contributed by atoms with Crippen LogP contribution in [0.1, 0.15) is 42.0 Å². The van der Waals surface area contributed by atoms with E-state index in [0.29, 0.717) is 35.6 Å². The van der Waals surface area contributed by atoms with Crippen LogP contribution in [0, 0.1) is 0 Å². The molecule has 1 aromatic carbocycles. The van der Waals surface area contributed by atoms with Gasteiger partial charge in [-0.2, -0.15) is 0 Å². The van der Waals surface area contributed by atoms with Gasteiger partial charge in [0.1, 0.15) is 6.61 Å². The molecule has 2 aliphatic rings. The second-order valence-corrected chi connectivity index (χ2v) is 8.38. The molecule has 0 unspecified atom stereocenters. The summed E-state index contributed by atoms with van der Waals surface area (Å²) in [4.78, 5) is 42.0. The highest BCUT2D eigenvalue weighted by Crippen LogP contribution is 2.39. The molecule has 0 bridgehead atoms. The Hall–Kier alpha value is -3.72. The van der Waals surface area contributed by atoms with E-state index in [1.165, 1.54) is 7.11 Å². The molecule has 9 heteroatoms. The van der Waals surface area contributed by atoms with Gasteiger partial charge in [0.15, 0.2) is 5.60 Å². The number of methoxy groups -OCH3 is 1. The molecule has 3 aromatic rings.